The summed E-state index contributed by atoms with van der Waals surface area (Å²) in [7, 11) is 1.65. The van der Waals surface area contributed by atoms with E-state index in [1.807, 2.05) is 36.4 Å². The molecule has 1 atom stereocenters. The van der Waals surface area contributed by atoms with Gasteiger partial charge >= 0.3 is 0 Å². The van der Waals surface area contributed by atoms with Gasteiger partial charge in [-0.3, -0.25) is 0 Å². The number of halogens is 2. The van der Waals surface area contributed by atoms with Crippen LogP contribution in [0.5, 0.6) is 0 Å². The zero-order chi connectivity index (χ0) is 13.7. The summed E-state index contributed by atoms with van der Waals surface area (Å²) in [6.07, 6.45) is 0. The first-order valence-corrected chi connectivity index (χ1v) is 6.75. The summed E-state index contributed by atoms with van der Waals surface area (Å²) in [6.45, 7) is 0.516. The Hall–Kier alpha value is -1.39. The highest BCUT2D eigenvalue weighted by Crippen LogP contribution is 2.23. The molecule has 0 amide bonds. The van der Waals surface area contributed by atoms with Gasteiger partial charge in [0.15, 0.2) is 0 Å². The minimum atomic E-state index is -0.283. The predicted molar refractivity (Wildman–Crippen MR) is 78.8 cm³/mol. The van der Waals surface area contributed by atoms with Crippen LogP contribution in [-0.2, 0) is 4.74 Å². The van der Waals surface area contributed by atoms with Gasteiger partial charge < -0.3 is 10.1 Å². The second-order valence-electron chi connectivity index (χ2n) is 4.19. The third-order valence-electron chi connectivity index (χ3n) is 2.80. The standard InChI is InChI=1S/C15H15BrFNO/c1-19-10-15(11-5-3-2-4-6-11)18-12-7-8-13(16)14(17)9-12/h2-9,15,18H,10H2,1H3. The van der Waals surface area contributed by atoms with Gasteiger partial charge in [-0.2, -0.15) is 0 Å². The molecule has 0 saturated heterocycles. The minimum absolute atomic E-state index is 0.00762. The monoisotopic (exact) mass is 323 g/mol. The summed E-state index contributed by atoms with van der Waals surface area (Å²) in [6, 6.07) is 14.9. The summed E-state index contributed by atoms with van der Waals surface area (Å²) < 4.78 is 19.2. The Labute approximate surface area is 120 Å². The van der Waals surface area contributed by atoms with Crippen molar-refractivity contribution in [1.82, 2.24) is 0 Å². The van der Waals surface area contributed by atoms with Crippen molar-refractivity contribution in [2.24, 2.45) is 0 Å². The summed E-state index contributed by atoms with van der Waals surface area (Å²) in [5.74, 6) is -0.283. The van der Waals surface area contributed by atoms with Crippen molar-refractivity contribution in [2.75, 3.05) is 19.0 Å². The van der Waals surface area contributed by atoms with E-state index in [4.69, 9.17) is 4.74 Å². The van der Waals surface area contributed by atoms with Gasteiger partial charge in [-0.05, 0) is 39.7 Å². The molecule has 2 aromatic carbocycles. The number of rotatable bonds is 5. The normalized spacial score (nSPS) is 12.2. The molecule has 0 spiro atoms. The molecule has 0 heterocycles. The van der Waals surface area contributed by atoms with Crippen LogP contribution in [0.1, 0.15) is 11.6 Å². The van der Waals surface area contributed by atoms with Crippen molar-refractivity contribution < 1.29 is 9.13 Å². The van der Waals surface area contributed by atoms with Crippen molar-refractivity contribution in [3.05, 3.63) is 64.4 Å². The van der Waals surface area contributed by atoms with Gasteiger partial charge in [0, 0.05) is 12.8 Å². The molecule has 1 N–H and O–H groups in total. The van der Waals surface area contributed by atoms with E-state index < -0.39 is 0 Å². The number of hydrogen-bond donors (Lipinski definition) is 1. The van der Waals surface area contributed by atoms with Gasteiger partial charge in [-0.15, -0.1) is 0 Å². The van der Waals surface area contributed by atoms with E-state index in [-0.39, 0.29) is 11.9 Å². The van der Waals surface area contributed by atoms with E-state index in [0.29, 0.717) is 11.1 Å². The zero-order valence-corrected chi connectivity index (χ0v) is 12.2. The maximum Gasteiger partial charge on any atom is 0.139 e. The highest BCUT2D eigenvalue weighted by Gasteiger charge is 2.11. The van der Waals surface area contributed by atoms with E-state index >= 15 is 0 Å². The number of nitrogens with one attached hydrogen (secondary N) is 1. The van der Waals surface area contributed by atoms with Gasteiger partial charge in [-0.1, -0.05) is 30.3 Å². The molecule has 0 aromatic heterocycles. The molecule has 4 heteroatoms. The average Bonchev–Trinajstić information content (AvgIpc) is 2.43. The quantitative estimate of drug-likeness (QED) is 0.881. The van der Waals surface area contributed by atoms with E-state index in [1.165, 1.54) is 6.07 Å². The third-order valence-corrected chi connectivity index (χ3v) is 3.44. The molecular weight excluding hydrogens is 309 g/mol. The third kappa shape index (κ3) is 3.78. The molecule has 0 fully saturated rings. The fourth-order valence-corrected chi connectivity index (χ4v) is 2.11. The molecule has 2 aromatic rings. The van der Waals surface area contributed by atoms with Gasteiger partial charge in [-0.25, -0.2) is 4.39 Å². The number of anilines is 1. The van der Waals surface area contributed by atoms with Gasteiger partial charge in [0.1, 0.15) is 5.82 Å². The SMILES string of the molecule is COCC(Nc1ccc(Br)c(F)c1)c1ccccc1. The Bertz CT molecular complexity index is 533. The van der Waals surface area contributed by atoms with Crippen LogP contribution in [-0.4, -0.2) is 13.7 Å². The smallest absolute Gasteiger partial charge is 0.139 e. The first-order valence-electron chi connectivity index (χ1n) is 5.96. The van der Waals surface area contributed by atoms with Crippen LogP contribution in [0.3, 0.4) is 0 Å². The predicted octanol–water partition coefficient (Wildman–Crippen LogP) is 4.39. The van der Waals surface area contributed by atoms with Crippen LogP contribution in [0.4, 0.5) is 10.1 Å². The summed E-state index contributed by atoms with van der Waals surface area (Å²) in [5.41, 5.74) is 1.83. The Kier molecular flexibility index (Phi) is 4.93. The molecular formula is C15H15BrFNO. The van der Waals surface area contributed by atoms with Crippen molar-refractivity contribution in [3.63, 3.8) is 0 Å². The van der Waals surface area contributed by atoms with Crippen LogP contribution < -0.4 is 5.32 Å². The van der Waals surface area contributed by atoms with Crippen molar-refractivity contribution in [1.29, 1.82) is 0 Å². The van der Waals surface area contributed by atoms with E-state index in [2.05, 4.69) is 21.2 Å². The largest absolute Gasteiger partial charge is 0.382 e. The molecule has 0 bridgehead atoms. The van der Waals surface area contributed by atoms with Crippen LogP contribution >= 0.6 is 15.9 Å². The average molecular weight is 324 g/mol. The molecule has 0 aliphatic heterocycles. The summed E-state index contributed by atoms with van der Waals surface area (Å²) in [5, 5.41) is 3.28. The molecule has 0 aliphatic carbocycles. The number of hydrogen-bond acceptors (Lipinski definition) is 2. The second kappa shape index (κ2) is 6.68. The maximum atomic E-state index is 13.5. The molecule has 0 radical (unpaired) electrons. The Balaban J connectivity index is 2.19. The fourth-order valence-electron chi connectivity index (χ4n) is 1.86. The van der Waals surface area contributed by atoms with Crippen molar-refractivity contribution in [2.45, 2.75) is 6.04 Å². The second-order valence-corrected chi connectivity index (χ2v) is 5.05. The lowest BCUT2D eigenvalue weighted by molar-refractivity contribution is 0.186. The molecule has 1 unspecified atom stereocenters. The fraction of sp³-hybridized carbons (Fsp3) is 0.200. The molecule has 0 aliphatic rings. The zero-order valence-electron chi connectivity index (χ0n) is 10.6. The molecule has 100 valence electrons. The lowest BCUT2D eigenvalue weighted by Gasteiger charge is -2.19. The van der Waals surface area contributed by atoms with Crippen molar-refractivity contribution >= 4 is 21.6 Å². The van der Waals surface area contributed by atoms with Crippen molar-refractivity contribution in [3.8, 4) is 0 Å². The van der Waals surface area contributed by atoms with E-state index in [9.17, 15) is 4.39 Å². The number of methoxy groups -OCH3 is 1. The summed E-state index contributed by atoms with van der Waals surface area (Å²) >= 11 is 3.14. The number of benzene rings is 2. The molecule has 19 heavy (non-hydrogen) atoms. The van der Waals surface area contributed by atoms with Gasteiger partial charge in [0.25, 0.3) is 0 Å². The van der Waals surface area contributed by atoms with Gasteiger partial charge in [0.2, 0.25) is 0 Å². The Morgan fingerprint density at radius 1 is 1.21 bits per heavy atom. The molecule has 0 saturated carbocycles. The topological polar surface area (TPSA) is 21.3 Å². The lowest BCUT2D eigenvalue weighted by Crippen LogP contribution is -2.16. The lowest BCUT2D eigenvalue weighted by atomic mass is 10.1. The van der Waals surface area contributed by atoms with Crippen LogP contribution in [0.15, 0.2) is 53.0 Å². The summed E-state index contributed by atoms with van der Waals surface area (Å²) in [4.78, 5) is 0. The first-order chi connectivity index (χ1) is 9.20. The molecule has 2 nitrogen and oxygen atoms in total. The highest BCUT2D eigenvalue weighted by atomic mass is 79.9. The van der Waals surface area contributed by atoms with Gasteiger partial charge in [0.05, 0.1) is 17.1 Å². The van der Waals surface area contributed by atoms with E-state index in [0.717, 1.165) is 11.3 Å². The van der Waals surface area contributed by atoms with E-state index in [1.54, 1.807) is 13.2 Å². The Morgan fingerprint density at radius 2 is 1.95 bits per heavy atom. The first kappa shape index (κ1) is 14.0. The van der Waals surface area contributed by atoms with Crippen LogP contribution in [0.2, 0.25) is 0 Å². The number of ether oxygens (including phenoxy) is 1. The molecule has 2 rings (SSSR count). The van der Waals surface area contributed by atoms with Crippen LogP contribution in [0.25, 0.3) is 0 Å². The highest BCUT2D eigenvalue weighted by molar-refractivity contribution is 9.10. The maximum absolute atomic E-state index is 13.5. The minimum Gasteiger partial charge on any atom is -0.382 e. The Morgan fingerprint density at radius 3 is 2.58 bits per heavy atom. The van der Waals surface area contributed by atoms with Crippen LogP contribution in [0, 0.1) is 5.82 Å².